The van der Waals surface area contributed by atoms with Gasteiger partial charge in [0.1, 0.15) is 0 Å². The van der Waals surface area contributed by atoms with Crippen molar-refractivity contribution < 1.29 is 13.2 Å². The number of rotatable bonds is 5. The summed E-state index contributed by atoms with van der Waals surface area (Å²) in [5.41, 5.74) is 0.789. The summed E-state index contributed by atoms with van der Waals surface area (Å²) in [5, 5.41) is 3.93. The molecule has 1 amide bonds. The molecule has 1 aliphatic rings. The highest BCUT2D eigenvalue weighted by Crippen LogP contribution is 2.29. The lowest BCUT2D eigenvalue weighted by molar-refractivity contribution is -0.122. The molecule has 1 saturated carbocycles. The summed E-state index contributed by atoms with van der Waals surface area (Å²) in [4.78, 5) is 17.0. The van der Waals surface area contributed by atoms with Gasteiger partial charge >= 0.3 is 0 Å². The molecule has 27 heavy (non-hydrogen) atoms. The van der Waals surface area contributed by atoms with Gasteiger partial charge in [0, 0.05) is 13.1 Å². The maximum atomic E-state index is 12.9. The van der Waals surface area contributed by atoms with Gasteiger partial charge < -0.3 is 5.32 Å². The van der Waals surface area contributed by atoms with Crippen LogP contribution in [0, 0.1) is 18.8 Å². The average Bonchev–Trinajstić information content (AvgIpc) is 2.98. The lowest BCUT2D eigenvalue weighted by atomic mass is 9.78. The zero-order chi connectivity index (χ0) is 19.8. The van der Waals surface area contributed by atoms with Gasteiger partial charge in [0.25, 0.3) is 0 Å². The summed E-state index contributed by atoms with van der Waals surface area (Å²) < 4.78 is 27.7. The van der Waals surface area contributed by atoms with Crippen molar-refractivity contribution in [3.63, 3.8) is 0 Å². The van der Waals surface area contributed by atoms with E-state index < -0.39 is 10.0 Å². The summed E-state index contributed by atoms with van der Waals surface area (Å²) in [6, 6.07) is 5.02. The Morgan fingerprint density at radius 3 is 2.81 bits per heavy atom. The number of carbonyl (C=O) groups is 1. The first-order valence-corrected chi connectivity index (χ1v) is 11.6. The fraction of sp³-hybridized carbons (Fsp3) is 0.579. The molecule has 0 bridgehead atoms. The predicted molar refractivity (Wildman–Crippen MR) is 108 cm³/mol. The van der Waals surface area contributed by atoms with Crippen LogP contribution >= 0.6 is 11.3 Å². The van der Waals surface area contributed by atoms with Crippen LogP contribution in [0.1, 0.15) is 38.1 Å². The van der Waals surface area contributed by atoms with Gasteiger partial charge in [0.05, 0.1) is 26.7 Å². The Bertz CT molecular complexity index is 939. The van der Waals surface area contributed by atoms with E-state index in [1.54, 1.807) is 18.2 Å². The summed E-state index contributed by atoms with van der Waals surface area (Å²) in [6.07, 6.45) is 3.23. The first-order chi connectivity index (χ1) is 12.7. The van der Waals surface area contributed by atoms with E-state index in [2.05, 4.69) is 24.1 Å². The van der Waals surface area contributed by atoms with Gasteiger partial charge in [0.15, 0.2) is 0 Å². The number of thiazole rings is 1. The summed E-state index contributed by atoms with van der Waals surface area (Å²) in [5.74, 6) is 0.725. The van der Waals surface area contributed by atoms with Crippen LogP contribution in [-0.2, 0) is 14.8 Å². The van der Waals surface area contributed by atoms with Gasteiger partial charge in [0.2, 0.25) is 15.9 Å². The molecule has 6 nitrogen and oxygen atoms in total. The lowest BCUT2D eigenvalue weighted by Gasteiger charge is -2.34. The Morgan fingerprint density at radius 2 is 2.07 bits per heavy atom. The molecule has 0 radical (unpaired) electrons. The number of aromatic nitrogens is 1. The zero-order valence-corrected chi connectivity index (χ0v) is 17.9. The molecule has 2 aromatic rings. The van der Waals surface area contributed by atoms with E-state index >= 15 is 0 Å². The Labute approximate surface area is 165 Å². The summed E-state index contributed by atoms with van der Waals surface area (Å²) in [7, 11) is -2.28. The normalized spacial score (nSPS) is 23.7. The second-order valence-electron chi connectivity index (χ2n) is 7.56. The smallest absolute Gasteiger partial charge is 0.243 e. The van der Waals surface area contributed by atoms with Gasteiger partial charge in [-0.2, -0.15) is 4.31 Å². The molecule has 1 aromatic carbocycles. The molecule has 0 spiro atoms. The Morgan fingerprint density at radius 1 is 1.33 bits per heavy atom. The van der Waals surface area contributed by atoms with Gasteiger partial charge in [-0.1, -0.05) is 26.7 Å². The molecule has 0 saturated heterocycles. The summed E-state index contributed by atoms with van der Waals surface area (Å²) in [6.45, 7) is 6.07. The molecule has 1 aromatic heterocycles. The van der Waals surface area contributed by atoms with Crippen molar-refractivity contribution in [1.82, 2.24) is 14.6 Å². The highest BCUT2D eigenvalue weighted by atomic mass is 32.2. The van der Waals surface area contributed by atoms with Gasteiger partial charge in [-0.25, -0.2) is 13.4 Å². The van der Waals surface area contributed by atoms with Crippen molar-refractivity contribution in [3.8, 4) is 0 Å². The first kappa shape index (κ1) is 20.2. The first-order valence-electron chi connectivity index (χ1n) is 9.31. The second kappa shape index (κ2) is 7.85. The van der Waals surface area contributed by atoms with Gasteiger partial charge in [-0.15, -0.1) is 11.3 Å². The van der Waals surface area contributed by atoms with Crippen LogP contribution < -0.4 is 5.32 Å². The molecule has 1 aliphatic carbocycles. The lowest BCUT2D eigenvalue weighted by Crippen LogP contribution is -2.47. The SMILES string of the molecule is Cc1nc2ccc(S(=O)(=O)N(C)CC(=O)N[C@@H]3CCC[C@@H](C)[C@@H]3C)cc2s1. The number of aryl methyl sites for hydroxylation is 1. The fourth-order valence-corrected chi connectivity index (χ4v) is 5.78. The number of sulfonamides is 1. The quantitative estimate of drug-likeness (QED) is 0.823. The van der Waals surface area contributed by atoms with E-state index in [-0.39, 0.29) is 23.4 Å². The molecule has 1 N–H and O–H groups in total. The minimum Gasteiger partial charge on any atom is -0.352 e. The van der Waals surface area contributed by atoms with Crippen molar-refractivity contribution in [1.29, 1.82) is 0 Å². The van der Waals surface area contributed by atoms with Gasteiger partial charge in [-0.05, 0) is 43.4 Å². The van der Waals surface area contributed by atoms with Crippen molar-refractivity contribution in [2.75, 3.05) is 13.6 Å². The third-order valence-corrected chi connectivity index (χ3v) is 8.33. The van der Waals surface area contributed by atoms with Crippen LogP contribution in [0.3, 0.4) is 0 Å². The van der Waals surface area contributed by atoms with Gasteiger partial charge in [-0.3, -0.25) is 4.79 Å². The summed E-state index contributed by atoms with van der Waals surface area (Å²) >= 11 is 1.46. The van der Waals surface area contributed by atoms with Crippen molar-refractivity contribution in [2.45, 2.75) is 51.0 Å². The Kier molecular flexibility index (Phi) is 5.88. The molecular weight excluding hydrogens is 382 g/mol. The van der Waals surface area contributed by atoms with E-state index in [1.165, 1.54) is 24.8 Å². The third-order valence-electron chi connectivity index (χ3n) is 5.59. The molecule has 1 fully saturated rings. The molecule has 148 valence electrons. The number of nitrogens with one attached hydrogen (secondary N) is 1. The number of hydrogen-bond acceptors (Lipinski definition) is 5. The minimum atomic E-state index is -3.73. The maximum Gasteiger partial charge on any atom is 0.243 e. The minimum absolute atomic E-state index is 0.119. The van der Waals surface area contributed by atoms with Crippen LogP contribution in [0.5, 0.6) is 0 Å². The number of hydrogen-bond donors (Lipinski definition) is 1. The van der Waals surface area contributed by atoms with E-state index in [9.17, 15) is 13.2 Å². The maximum absolute atomic E-state index is 12.9. The zero-order valence-electron chi connectivity index (χ0n) is 16.2. The number of fused-ring (bicyclic) bond motifs is 1. The monoisotopic (exact) mass is 409 g/mol. The number of benzene rings is 1. The molecule has 0 aliphatic heterocycles. The fourth-order valence-electron chi connectivity index (χ4n) is 3.69. The van der Waals surface area contributed by atoms with Crippen molar-refractivity contribution >= 4 is 37.5 Å². The van der Waals surface area contributed by atoms with E-state index in [0.717, 1.165) is 32.4 Å². The topological polar surface area (TPSA) is 79.4 Å². The number of likely N-dealkylation sites (N-methyl/N-ethyl adjacent to an activating group) is 1. The third kappa shape index (κ3) is 4.33. The van der Waals surface area contributed by atoms with E-state index in [0.29, 0.717) is 11.8 Å². The predicted octanol–water partition coefficient (Wildman–Crippen LogP) is 3.17. The highest BCUT2D eigenvalue weighted by Gasteiger charge is 2.30. The second-order valence-corrected chi connectivity index (χ2v) is 10.8. The molecule has 1 heterocycles. The van der Waals surface area contributed by atoms with Crippen LogP contribution in [0.2, 0.25) is 0 Å². The molecular formula is C19H27N3O3S2. The van der Waals surface area contributed by atoms with E-state index in [4.69, 9.17) is 0 Å². The standard InChI is InChI=1S/C19H27N3O3S2/c1-12-6-5-7-16(13(12)2)21-19(23)11-22(4)27(24,25)15-8-9-17-18(10-15)26-14(3)20-17/h8-10,12-13,16H,5-7,11H2,1-4H3,(H,21,23)/t12-,13+,16-/m1/s1. The van der Waals surface area contributed by atoms with Crippen LogP contribution in [0.25, 0.3) is 10.2 Å². The number of amides is 1. The van der Waals surface area contributed by atoms with Crippen molar-refractivity contribution in [2.24, 2.45) is 11.8 Å². The molecule has 8 heteroatoms. The molecule has 3 atom stereocenters. The van der Waals surface area contributed by atoms with Crippen LogP contribution in [-0.4, -0.2) is 43.2 Å². The Hall–Kier alpha value is -1.51. The largest absolute Gasteiger partial charge is 0.352 e. The Balaban J connectivity index is 1.69. The van der Waals surface area contributed by atoms with Crippen LogP contribution in [0.15, 0.2) is 23.1 Å². The number of nitrogens with zero attached hydrogens (tertiary/aromatic N) is 2. The average molecular weight is 410 g/mol. The molecule has 3 rings (SSSR count). The van der Waals surface area contributed by atoms with Crippen molar-refractivity contribution in [3.05, 3.63) is 23.2 Å². The van der Waals surface area contributed by atoms with E-state index in [1.807, 2.05) is 6.92 Å². The number of carbonyl (C=O) groups excluding carboxylic acids is 1. The molecule has 0 unspecified atom stereocenters. The highest BCUT2D eigenvalue weighted by molar-refractivity contribution is 7.89. The van der Waals surface area contributed by atoms with Crippen LogP contribution in [0.4, 0.5) is 0 Å².